The Morgan fingerprint density at radius 2 is 1.68 bits per heavy atom. The first-order valence-electron chi connectivity index (χ1n) is 11.1. The number of benzene rings is 1. The standard InChI is InChI=1S/C22H21Cl2N9O/c23-17-7-13-5-16(6-14(13)8-18(17)24)28-21-25-9-15(10-26-21)20-30-31-22(34-20)33-3-1-12(2-4-33)19-11-27-32-29-19/h7-12,16H,1-6H2,(H,25,26,28)(H,27,29,32). The van der Waals surface area contributed by atoms with Gasteiger partial charge < -0.3 is 14.6 Å². The summed E-state index contributed by atoms with van der Waals surface area (Å²) in [6.45, 7) is 1.64. The van der Waals surface area contributed by atoms with Crippen molar-refractivity contribution < 1.29 is 4.42 Å². The van der Waals surface area contributed by atoms with Crippen LogP contribution >= 0.6 is 23.2 Å². The summed E-state index contributed by atoms with van der Waals surface area (Å²) in [5.74, 6) is 1.35. The Balaban J connectivity index is 1.07. The van der Waals surface area contributed by atoms with Crippen molar-refractivity contribution in [3.8, 4) is 11.5 Å². The van der Waals surface area contributed by atoms with Crippen LogP contribution in [0.15, 0.2) is 35.1 Å². The van der Waals surface area contributed by atoms with Gasteiger partial charge in [0.1, 0.15) is 0 Å². The lowest BCUT2D eigenvalue weighted by Crippen LogP contribution is -2.33. The molecule has 0 spiro atoms. The van der Waals surface area contributed by atoms with Gasteiger partial charge in [-0.2, -0.15) is 15.4 Å². The highest BCUT2D eigenvalue weighted by molar-refractivity contribution is 6.42. The summed E-state index contributed by atoms with van der Waals surface area (Å²) in [5, 5.41) is 23.8. The topological polar surface area (TPSA) is 122 Å². The Morgan fingerprint density at radius 3 is 2.32 bits per heavy atom. The van der Waals surface area contributed by atoms with Gasteiger partial charge in [-0.3, -0.25) is 0 Å². The van der Waals surface area contributed by atoms with E-state index < -0.39 is 0 Å². The summed E-state index contributed by atoms with van der Waals surface area (Å²) in [6.07, 6.45) is 8.78. The maximum absolute atomic E-state index is 6.15. The zero-order valence-corrected chi connectivity index (χ0v) is 19.6. The van der Waals surface area contributed by atoms with E-state index in [9.17, 15) is 0 Å². The van der Waals surface area contributed by atoms with Crippen molar-refractivity contribution in [2.45, 2.75) is 37.6 Å². The Labute approximate surface area is 205 Å². The molecular weight excluding hydrogens is 477 g/mol. The molecule has 3 aromatic heterocycles. The number of aromatic amines is 1. The quantitative estimate of drug-likeness (QED) is 0.422. The number of fused-ring (bicyclic) bond motifs is 1. The van der Waals surface area contributed by atoms with Crippen LogP contribution in [-0.2, 0) is 12.8 Å². The second-order valence-corrected chi connectivity index (χ2v) is 9.44. The highest BCUT2D eigenvalue weighted by Gasteiger charge is 2.26. The van der Waals surface area contributed by atoms with Crippen molar-refractivity contribution in [3.05, 3.63) is 57.6 Å². The molecule has 1 aliphatic carbocycles. The lowest BCUT2D eigenvalue weighted by Gasteiger charge is -2.29. The predicted molar refractivity (Wildman–Crippen MR) is 127 cm³/mol. The summed E-state index contributed by atoms with van der Waals surface area (Å²) in [6, 6.07) is 4.58. The lowest BCUT2D eigenvalue weighted by molar-refractivity contribution is 0.456. The van der Waals surface area contributed by atoms with Gasteiger partial charge in [-0.1, -0.05) is 28.3 Å². The van der Waals surface area contributed by atoms with Gasteiger partial charge in [-0.15, -0.1) is 5.10 Å². The summed E-state index contributed by atoms with van der Waals surface area (Å²) >= 11 is 12.3. The number of nitrogens with one attached hydrogen (secondary N) is 2. The monoisotopic (exact) mass is 497 g/mol. The Kier molecular flexibility index (Phi) is 5.54. The molecule has 2 N–H and O–H groups in total. The van der Waals surface area contributed by atoms with E-state index in [1.165, 1.54) is 11.1 Å². The fourth-order valence-corrected chi connectivity index (χ4v) is 5.02. The van der Waals surface area contributed by atoms with Crippen LogP contribution in [0.2, 0.25) is 10.0 Å². The highest BCUT2D eigenvalue weighted by Crippen LogP contribution is 2.32. The highest BCUT2D eigenvalue weighted by atomic mass is 35.5. The normalized spacial score (nSPS) is 16.7. The number of hydrogen-bond acceptors (Lipinski definition) is 9. The van der Waals surface area contributed by atoms with Gasteiger partial charge in [-0.25, -0.2) is 9.97 Å². The maximum atomic E-state index is 6.15. The fraction of sp³-hybridized carbons (Fsp3) is 0.364. The smallest absolute Gasteiger partial charge is 0.318 e. The number of H-pyrrole nitrogens is 1. The molecular formula is C22H21Cl2N9O. The Bertz CT molecular complexity index is 1250. The third kappa shape index (κ3) is 4.19. The molecule has 1 saturated heterocycles. The minimum absolute atomic E-state index is 0.186. The molecule has 0 bridgehead atoms. The summed E-state index contributed by atoms with van der Waals surface area (Å²) in [5.41, 5.74) is 4.08. The van der Waals surface area contributed by atoms with Crippen molar-refractivity contribution in [1.29, 1.82) is 0 Å². The van der Waals surface area contributed by atoms with Gasteiger partial charge in [0.2, 0.25) is 5.95 Å². The molecule has 12 heteroatoms. The van der Waals surface area contributed by atoms with Crippen molar-refractivity contribution in [2.24, 2.45) is 0 Å². The van der Waals surface area contributed by atoms with E-state index in [-0.39, 0.29) is 6.04 Å². The van der Waals surface area contributed by atoms with Crippen LogP contribution in [0.1, 0.15) is 35.6 Å². The number of nitrogens with zero attached hydrogens (tertiary/aromatic N) is 7. The van der Waals surface area contributed by atoms with Crippen LogP contribution in [0.25, 0.3) is 11.5 Å². The first-order chi connectivity index (χ1) is 16.6. The lowest BCUT2D eigenvalue weighted by atomic mass is 9.94. The number of rotatable bonds is 5. The van der Waals surface area contributed by atoms with E-state index >= 15 is 0 Å². The molecule has 174 valence electrons. The number of hydrogen-bond donors (Lipinski definition) is 2. The molecule has 10 nitrogen and oxygen atoms in total. The van der Waals surface area contributed by atoms with Gasteiger partial charge in [0.05, 0.1) is 27.5 Å². The van der Waals surface area contributed by atoms with Crippen LogP contribution in [0.5, 0.6) is 0 Å². The van der Waals surface area contributed by atoms with Crippen molar-refractivity contribution in [3.63, 3.8) is 0 Å². The van der Waals surface area contributed by atoms with E-state index in [4.69, 9.17) is 27.6 Å². The number of piperidine rings is 1. The van der Waals surface area contributed by atoms with Gasteiger partial charge >= 0.3 is 6.01 Å². The van der Waals surface area contributed by atoms with Gasteiger partial charge in [0.25, 0.3) is 5.89 Å². The van der Waals surface area contributed by atoms with Crippen LogP contribution in [-0.4, -0.2) is 54.7 Å². The predicted octanol–water partition coefficient (Wildman–Crippen LogP) is 3.91. The van der Waals surface area contributed by atoms with Gasteiger partial charge in [0, 0.05) is 37.4 Å². The van der Waals surface area contributed by atoms with Crippen LogP contribution < -0.4 is 10.2 Å². The SMILES string of the molecule is Clc1cc2c(cc1Cl)CC(Nc1ncc(-c3nnc(N4CCC(c5cn[nH]n5)CC4)o3)cn1)C2. The van der Waals surface area contributed by atoms with Crippen molar-refractivity contribution in [2.75, 3.05) is 23.3 Å². The number of aromatic nitrogens is 7. The van der Waals surface area contributed by atoms with E-state index in [1.807, 2.05) is 12.1 Å². The second-order valence-electron chi connectivity index (χ2n) is 8.63. The molecule has 0 amide bonds. The Hall–Kier alpha value is -3.24. The molecule has 0 atom stereocenters. The average Bonchev–Trinajstić information content (AvgIpc) is 3.61. The van der Waals surface area contributed by atoms with E-state index in [0.717, 1.165) is 44.5 Å². The molecule has 34 heavy (non-hydrogen) atoms. The maximum Gasteiger partial charge on any atom is 0.318 e. The van der Waals surface area contributed by atoms with Gasteiger partial charge in [-0.05, 0) is 48.9 Å². The van der Waals surface area contributed by atoms with Gasteiger partial charge in [0.15, 0.2) is 0 Å². The Morgan fingerprint density at radius 1 is 0.971 bits per heavy atom. The molecule has 0 saturated carbocycles. The molecule has 1 aromatic carbocycles. The molecule has 4 aromatic rings. The minimum Gasteiger partial charge on any atom is -0.403 e. The third-order valence-corrected chi connectivity index (χ3v) is 7.16. The fourth-order valence-electron chi connectivity index (χ4n) is 4.64. The third-order valence-electron chi connectivity index (χ3n) is 6.44. The second kappa shape index (κ2) is 8.84. The van der Waals surface area contributed by atoms with Crippen LogP contribution in [0, 0.1) is 0 Å². The van der Waals surface area contributed by atoms with E-state index in [2.05, 4.69) is 45.8 Å². The summed E-state index contributed by atoms with van der Waals surface area (Å²) < 4.78 is 5.92. The van der Waals surface area contributed by atoms with Crippen LogP contribution in [0.4, 0.5) is 12.0 Å². The zero-order chi connectivity index (χ0) is 23.1. The molecule has 2 aliphatic rings. The number of halogens is 2. The summed E-state index contributed by atoms with van der Waals surface area (Å²) in [4.78, 5) is 11.0. The average molecular weight is 498 g/mol. The number of anilines is 2. The zero-order valence-electron chi connectivity index (χ0n) is 18.1. The van der Waals surface area contributed by atoms with Crippen molar-refractivity contribution in [1.82, 2.24) is 35.6 Å². The molecule has 0 unspecified atom stereocenters. The van der Waals surface area contributed by atoms with Crippen molar-refractivity contribution >= 4 is 35.2 Å². The molecule has 1 aliphatic heterocycles. The summed E-state index contributed by atoms with van der Waals surface area (Å²) in [7, 11) is 0. The molecule has 6 rings (SSSR count). The molecule has 0 radical (unpaired) electrons. The van der Waals surface area contributed by atoms with E-state index in [1.54, 1.807) is 18.6 Å². The van der Waals surface area contributed by atoms with E-state index in [0.29, 0.717) is 39.4 Å². The first kappa shape index (κ1) is 21.3. The molecule has 1 fully saturated rings. The van der Waals surface area contributed by atoms with Crippen LogP contribution in [0.3, 0.4) is 0 Å². The first-order valence-corrected chi connectivity index (χ1v) is 11.9. The molecule has 4 heterocycles. The largest absolute Gasteiger partial charge is 0.403 e. The minimum atomic E-state index is 0.186.